The fraction of sp³-hybridized carbons (Fsp3) is 0.700. The van der Waals surface area contributed by atoms with E-state index in [1.54, 1.807) is 4.31 Å². The molecule has 7 heteroatoms. The predicted molar refractivity (Wildman–Crippen MR) is 61.9 cm³/mol. The molecular weight excluding hydrogens is 240 g/mol. The first-order valence-corrected chi connectivity index (χ1v) is 7.36. The van der Waals surface area contributed by atoms with E-state index in [1.807, 2.05) is 0 Å². The van der Waals surface area contributed by atoms with Gasteiger partial charge in [0.2, 0.25) is 0 Å². The van der Waals surface area contributed by atoms with Gasteiger partial charge in [-0.15, -0.1) is 0 Å². The summed E-state index contributed by atoms with van der Waals surface area (Å²) in [6.07, 6.45) is 4.60. The van der Waals surface area contributed by atoms with Crippen LogP contribution < -0.4 is 5.32 Å². The molecule has 17 heavy (non-hydrogen) atoms. The van der Waals surface area contributed by atoms with Crippen molar-refractivity contribution in [3.8, 4) is 0 Å². The van der Waals surface area contributed by atoms with Crippen LogP contribution in [0.25, 0.3) is 0 Å². The van der Waals surface area contributed by atoms with Crippen LogP contribution in [0.5, 0.6) is 0 Å². The Balaban J connectivity index is 1.85. The molecule has 0 spiro atoms. The summed E-state index contributed by atoms with van der Waals surface area (Å²) in [6, 6.07) is 2.30. The minimum Gasteiger partial charge on any atom is -0.310 e. The summed E-state index contributed by atoms with van der Waals surface area (Å²) in [5.74, 6) is 0. The molecule has 0 radical (unpaired) electrons. The van der Waals surface area contributed by atoms with Gasteiger partial charge in [0, 0.05) is 25.2 Å². The first kappa shape index (κ1) is 11.2. The lowest BCUT2D eigenvalue weighted by molar-refractivity contribution is 0.382. The molecule has 94 valence electrons. The lowest BCUT2D eigenvalue weighted by Gasteiger charge is -2.22. The summed E-state index contributed by atoms with van der Waals surface area (Å²) in [5.41, 5.74) is 0. The second-order valence-electron chi connectivity index (χ2n) is 4.71. The first-order chi connectivity index (χ1) is 8.16. The molecule has 2 unspecified atom stereocenters. The molecule has 2 N–H and O–H groups in total. The van der Waals surface area contributed by atoms with Crippen molar-refractivity contribution < 1.29 is 8.42 Å². The number of H-pyrrole nitrogens is 1. The van der Waals surface area contributed by atoms with Gasteiger partial charge in [0.05, 0.1) is 6.20 Å². The zero-order chi connectivity index (χ0) is 11.9. The maximum Gasteiger partial charge on any atom is 0.260 e. The number of sulfonamides is 1. The number of hydrogen-bond acceptors (Lipinski definition) is 4. The molecule has 3 heterocycles. The monoisotopic (exact) mass is 256 g/mol. The molecule has 0 aliphatic carbocycles. The van der Waals surface area contributed by atoms with Gasteiger partial charge in [-0.1, -0.05) is 0 Å². The molecule has 3 rings (SSSR count). The Labute approximate surface area is 100 Å². The van der Waals surface area contributed by atoms with Crippen molar-refractivity contribution in [1.29, 1.82) is 0 Å². The molecule has 1 aromatic rings. The molecule has 0 saturated carbocycles. The van der Waals surface area contributed by atoms with E-state index in [2.05, 4.69) is 15.5 Å². The van der Waals surface area contributed by atoms with E-state index < -0.39 is 10.0 Å². The molecule has 2 fully saturated rings. The van der Waals surface area contributed by atoms with Crippen molar-refractivity contribution in [2.24, 2.45) is 0 Å². The van der Waals surface area contributed by atoms with Gasteiger partial charge in [0.15, 0.2) is 5.03 Å². The zero-order valence-electron chi connectivity index (χ0n) is 9.46. The highest BCUT2D eigenvalue weighted by atomic mass is 32.2. The summed E-state index contributed by atoms with van der Waals surface area (Å²) in [5, 5.41) is 9.91. The van der Waals surface area contributed by atoms with Gasteiger partial charge >= 0.3 is 0 Å². The lowest BCUT2D eigenvalue weighted by Crippen LogP contribution is -2.39. The number of rotatable bonds is 2. The van der Waals surface area contributed by atoms with E-state index in [1.165, 1.54) is 18.7 Å². The minimum atomic E-state index is -3.39. The number of fused-ring (bicyclic) bond motifs is 2. The standard InChI is InChI=1S/C10H16N4O2S/c15-17(16,10-3-5-11-13-10)14-6-4-8-1-2-9(7-14)12-8/h3,5,8-9,12H,1-2,4,6-7H2,(H,11,13). The molecule has 2 aliphatic rings. The Hall–Kier alpha value is -0.920. The normalized spacial score (nSPS) is 30.4. The second-order valence-corrected chi connectivity index (χ2v) is 6.62. The van der Waals surface area contributed by atoms with Crippen LogP contribution in [0.15, 0.2) is 17.3 Å². The van der Waals surface area contributed by atoms with E-state index >= 15 is 0 Å². The topological polar surface area (TPSA) is 78.1 Å². The third-order valence-electron chi connectivity index (χ3n) is 3.58. The Morgan fingerprint density at radius 1 is 1.29 bits per heavy atom. The van der Waals surface area contributed by atoms with Crippen LogP contribution in [0.2, 0.25) is 0 Å². The smallest absolute Gasteiger partial charge is 0.260 e. The largest absolute Gasteiger partial charge is 0.310 e. The fourth-order valence-corrected chi connectivity index (χ4v) is 4.06. The number of aromatic amines is 1. The molecule has 2 atom stereocenters. The molecule has 2 bridgehead atoms. The van der Waals surface area contributed by atoms with Crippen LogP contribution in [0.3, 0.4) is 0 Å². The van der Waals surface area contributed by atoms with E-state index in [4.69, 9.17) is 0 Å². The predicted octanol–water partition coefficient (Wildman–Crippen LogP) is -0.0753. The van der Waals surface area contributed by atoms with Crippen LogP contribution in [-0.4, -0.2) is 48.1 Å². The summed E-state index contributed by atoms with van der Waals surface area (Å²) < 4.78 is 26.2. The average molecular weight is 256 g/mol. The van der Waals surface area contributed by atoms with E-state index in [0.29, 0.717) is 25.2 Å². The fourth-order valence-electron chi connectivity index (χ4n) is 2.66. The third kappa shape index (κ3) is 1.98. The van der Waals surface area contributed by atoms with Crippen molar-refractivity contribution in [1.82, 2.24) is 19.8 Å². The third-order valence-corrected chi connectivity index (χ3v) is 5.37. The van der Waals surface area contributed by atoms with E-state index in [9.17, 15) is 8.42 Å². The number of nitrogens with one attached hydrogen (secondary N) is 2. The van der Waals surface area contributed by atoms with Crippen molar-refractivity contribution in [3.05, 3.63) is 12.3 Å². The average Bonchev–Trinajstić information content (AvgIpc) is 2.87. The SMILES string of the molecule is O=S(=O)(c1ccn[nH]1)N1CCC2CCC(C1)N2. The maximum absolute atomic E-state index is 12.3. The van der Waals surface area contributed by atoms with Gasteiger partial charge in [-0.3, -0.25) is 5.10 Å². The van der Waals surface area contributed by atoms with Crippen LogP contribution in [0.1, 0.15) is 19.3 Å². The van der Waals surface area contributed by atoms with Crippen LogP contribution >= 0.6 is 0 Å². The lowest BCUT2D eigenvalue weighted by atomic mass is 10.1. The molecule has 0 aromatic carbocycles. The summed E-state index contributed by atoms with van der Waals surface area (Å²) in [7, 11) is -3.39. The number of hydrogen-bond donors (Lipinski definition) is 2. The van der Waals surface area contributed by atoms with Crippen LogP contribution in [0.4, 0.5) is 0 Å². The Morgan fingerprint density at radius 2 is 2.12 bits per heavy atom. The highest BCUT2D eigenvalue weighted by Gasteiger charge is 2.35. The van der Waals surface area contributed by atoms with Crippen LogP contribution in [-0.2, 0) is 10.0 Å². The highest BCUT2D eigenvalue weighted by molar-refractivity contribution is 7.89. The van der Waals surface area contributed by atoms with E-state index in [0.717, 1.165) is 12.8 Å². The quantitative estimate of drug-likeness (QED) is 0.776. The van der Waals surface area contributed by atoms with Gasteiger partial charge in [-0.25, -0.2) is 8.42 Å². The minimum absolute atomic E-state index is 0.190. The van der Waals surface area contributed by atoms with Crippen molar-refractivity contribution in [3.63, 3.8) is 0 Å². The van der Waals surface area contributed by atoms with Crippen molar-refractivity contribution >= 4 is 10.0 Å². The van der Waals surface area contributed by atoms with Gasteiger partial charge in [-0.2, -0.15) is 9.40 Å². The molecule has 1 aromatic heterocycles. The van der Waals surface area contributed by atoms with Crippen molar-refractivity contribution in [2.75, 3.05) is 13.1 Å². The van der Waals surface area contributed by atoms with Gasteiger partial charge in [0.1, 0.15) is 0 Å². The Kier molecular flexibility index (Phi) is 2.68. The summed E-state index contributed by atoms with van der Waals surface area (Å²) in [4.78, 5) is 0. The summed E-state index contributed by atoms with van der Waals surface area (Å²) in [6.45, 7) is 1.16. The zero-order valence-corrected chi connectivity index (χ0v) is 10.3. The molecule has 6 nitrogen and oxygen atoms in total. The second kappa shape index (κ2) is 4.08. The van der Waals surface area contributed by atoms with E-state index in [-0.39, 0.29) is 5.03 Å². The molecule has 2 saturated heterocycles. The molecule has 2 aliphatic heterocycles. The van der Waals surface area contributed by atoms with Crippen molar-refractivity contribution in [2.45, 2.75) is 36.4 Å². The molecule has 0 amide bonds. The van der Waals surface area contributed by atoms with Gasteiger partial charge in [-0.05, 0) is 25.3 Å². The Morgan fingerprint density at radius 3 is 2.88 bits per heavy atom. The molecular formula is C10H16N4O2S. The first-order valence-electron chi connectivity index (χ1n) is 5.92. The highest BCUT2D eigenvalue weighted by Crippen LogP contribution is 2.24. The summed E-state index contributed by atoms with van der Waals surface area (Å²) >= 11 is 0. The van der Waals surface area contributed by atoms with Gasteiger partial charge in [0.25, 0.3) is 10.0 Å². The van der Waals surface area contributed by atoms with Crippen LogP contribution in [0, 0.1) is 0 Å². The number of aromatic nitrogens is 2. The Bertz CT molecular complexity index is 484. The number of nitrogens with zero attached hydrogens (tertiary/aromatic N) is 2. The maximum atomic E-state index is 12.3. The van der Waals surface area contributed by atoms with Gasteiger partial charge < -0.3 is 5.32 Å².